The Morgan fingerprint density at radius 2 is 2.21 bits per heavy atom. The lowest BCUT2D eigenvalue weighted by Crippen LogP contribution is -2.18. The Hall–Kier alpha value is -2.05. The molecule has 0 radical (unpaired) electrons. The average Bonchev–Trinajstić information content (AvgIpc) is 3.01. The summed E-state index contributed by atoms with van der Waals surface area (Å²) >= 11 is 0. The molecule has 0 bridgehead atoms. The Kier molecular flexibility index (Phi) is 2.88. The van der Waals surface area contributed by atoms with Gasteiger partial charge in [0.05, 0.1) is 13.3 Å². The van der Waals surface area contributed by atoms with Crippen molar-refractivity contribution in [3.8, 4) is 5.88 Å². The van der Waals surface area contributed by atoms with Gasteiger partial charge >= 0.3 is 0 Å². The van der Waals surface area contributed by atoms with Gasteiger partial charge in [-0.15, -0.1) is 15.3 Å². The monoisotopic (exact) mass is 262 g/mol. The minimum atomic E-state index is -0.00875. The van der Waals surface area contributed by atoms with Gasteiger partial charge in [-0.1, -0.05) is 0 Å². The highest BCUT2D eigenvalue weighted by Crippen LogP contribution is 2.25. The van der Waals surface area contributed by atoms with Gasteiger partial charge < -0.3 is 15.0 Å². The van der Waals surface area contributed by atoms with E-state index in [1.54, 1.807) is 18.0 Å². The number of hydrogen-bond donors (Lipinski definition) is 1. The van der Waals surface area contributed by atoms with Crippen molar-refractivity contribution in [3.63, 3.8) is 0 Å². The number of aromatic nitrogens is 5. The van der Waals surface area contributed by atoms with E-state index in [1.165, 1.54) is 12.8 Å². The summed E-state index contributed by atoms with van der Waals surface area (Å²) in [6, 6.07) is -0.00875. The van der Waals surface area contributed by atoms with Gasteiger partial charge in [0.2, 0.25) is 0 Å². The molecule has 0 aromatic carbocycles. The largest absolute Gasteiger partial charge is 0.478 e. The van der Waals surface area contributed by atoms with Crippen molar-refractivity contribution in [2.45, 2.75) is 38.8 Å². The van der Waals surface area contributed by atoms with E-state index in [1.807, 2.05) is 6.92 Å². The Balaban J connectivity index is 1.94. The number of hydrogen-bond acceptors (Lipinski definition) is 5. The SMILES string of the molecule is COc1nn([C@@H](C)c2nnc3n2CCCC3)cc1N. The zero-order chi connectivity index (χ0) is 13.4. The highest BCUT2D eigenvalue weighted by molar-refractivity contribution is 5.46. The van der Waals surface area contributed by atoms with Gasteiger partial charge in [0, 0.05) is 13.0 Å². The molecular formula is C12H18N6O. The van der Waals surface area contributed by atoms with Gasteiger partial charge in [0.15, 0.2) is 5.82 Å². The van der Waals surface area contributed by atoms with Crippen molar-refractivity contribution in [3.05, 3.63) is 17.8 Å². The third-order valence-corrected chi connectivity index (χ3v) is 3.58. The number of nitrogens with zero attached hydrogens (tertiary/aromatic N) is 5. The molecule has 2 aromatic rings. The van der Waals surface area contributed by atoms with Crippen LogP contribution in [0.25, 0.3) is 0 Å². The van der Waals surface area contributed by atoms with E-state index in [0.717, 1.165) is 24.6 Å². The smallest absolute Gasteiger partial charge is 0.256 e. The summed E-state index contributed by atoms with van der Waals surface area (Å²) in [6.07, 6.45) is 5.14. The van der Waals surface area contributed by atoms with Crippen LogP contribution in [0.1, 0.15) is 37.5 Å². The molecule has 0 saturated heterocycles. The van der Waals surface area contributed by atoms with Gasteiger partial charge in [-0.3, -0.25) is 4.68 Å². The minimum absolute atomic E-state index is 0.00875. The summed E-state index contributed by atoms with van der Waals surface area (Å²) in [5.41, 5.74) is 6.36. The summed E-state index contributed by atoms with van der Waals surface area (Å²) in [6.45, 7) is 3.02. The van der Waals surface area contributed by atoms with Crippen molar-refractivity contribution in [2.75, 3.05) is 12.8 Å². The zero-order valence-electron chi connectivity index (χ0n) is 11.2. The highest BCUT2D eigenvalue weighted by atomic mass is 16.5. The van der Waals surface area contributed by atoms with Crippen LogP contribution in [0.2, 0.25) is 0 Å². The molecule has 3 rings (SSSR count). The van der Waals surface area contributed by atoms with E-state index < -0.39 is 0 Å². The lowest BCUT2D eigenvalue weighted by molar-refractivity contribution is 0.382. The van der Waals surface area contributed by atoms with Crippen LogP contribution in [0.15, 0.2) is 6.20 Å². The van der Waals surface area contributed by atoms with E-state index >= 15 is 0 Å². The van der Waals surface area contributed by atoms with Gasteiger partial charge in [0.25, 0.3) is 5.88 Å². The number of ether oxygens (including phenoxy) is 1. The molecule has 2 aromatic heterocycles. The van der Waals surface area contributed by atoms with Crippen LogP contribution in [-0.2, 0) is 13.0 Å². The summed E-state index contributed by atoms with van der Waals surface area (Å²) in [7, 11) is 1.56. The first-order chi connectivity index (χ1) is 9.20. The third-order valence-electron chi connectivity index (χ3n) is 3.58. The quantitative estimate of drug-likeness (QED) is 0.892. The van der Waals surface area contributed by atoms with Gasteiger partial charge in [0.1, 0.15) is 17.6 Å². The first-order valence-electron chi connectivity index (χ1n) is 6.51. The predicted octanol–water partition coefficient (Wildman–Crippen LogP) is 1.01. The molecule has 0 spiro atoms. The molecule has 7 nitrogen and oxygen atoms in total. The molecule has 2 N–H and O–H groups in total. The highest BCUT2D eigenvalue weighted by Gasteiger charge is 2.22. The molecule has 0 fully saturated rings. The minimum Gasteiger partial charge on any atom is -0.478 e. The number of nitrogen functional groups attached to an aromatic ring is 1. The summed E-state index contributed by atoms with van der Waals surface area (Å²) in [5.74, 6) is 2.45. The van der Waals surface area contributed by atoms with Crippen molar-refractivity contribution < 1.29 is 4.74 Å². The van der Waals surface area contributed by atoms with Crippen LogP contribution in [0.3, 0.4) is 0 Å². The molecule has 1 atom stereocenters. The maximum absolute atomic E-state index is 5.83. The number of aryl methyl sites for hydroxylation is 1. The Morgan fingerprint density at radius 3 is 2.95 bits per heavy atom. The second-order valence-corrected chi connectivity index (χ2v) is 4.83. The van der Waals surface area contributed by atoms with Gasteiger partial charge in [-0.05, 0) is 19.8 Å². The molecule has 0 aliphatic carbocycles. The first-order valence-corrected chi connectivity index (χ1v) is 6.51. The summed E-state index contributed by atoms with van der Waals surface area (Å²) in [5, 5.41) is 12.9. The number of rotatable bonds is 3. The topological polar surface area (TPSA) is 83.8 Å². The van der Waals surface area contributed by atoms with Crippen LogP contribution in [0.4, 0.5) is 5.69 Å². The Morgan fingerprint density at radius 1 is 1.37 bits per heavy atom. The number of anilines is 1. The normalized spacial score (nSPS) is 16.1. The molecule has 1 aliphatic heterocycles. The lowest BCUT2D eigenvalue weighted by Gasteiger charge is -2.18. The van der Waals surface area contributed by atoms with Crippen molar-refractivity contribution >= 4 is 5.69 Å². The zero-order valence-corrected chi connectivity index (χ0v) is 11.2. The Bertz CT molecular complexity index is 587. The molecule has 0 unspecified atom stereocenters. The van der Waals surface area contributed by atoms with Crippen LogP contribution < -0.4 is 10.5 Å². The molecule has 3 heterocycles. The van der Waals surface area contributed by atoms with Crippen molar-refractivity contribution in [1.29, 1.82) is 0 Å². The summed E-state index contributed by atoms with van der Waals surface area (Å²) < 4.78 is 9.08. The molecule has 19 heavy (non-hydrogen) atoms. The lowest BCUT2D eigenvalue weighted by atomic mass is 10.1. The number of nitrogens with two attached hydrogens (primary N) is 1. The number of methoxy groups -OCH3 is 1. The van der Waals surface area contributed by atoms with Gasteiger partial charge in [-0.25, -0.2) is 0 Å². The Labute approximate surface area is 111 Å². The van der Waals surface area contributed by atoms with Gasteiger partial charge in [-0.2, -0.15) is 0 Å². The standard InChI is InChI=1S/C12H18N6O/c1-8(18-7-9(13)12(16-18)19-2)11-15-14-10-5-3-4-6-17(10)11/h7-8H,3-6,13H2,1-2H3/t8-/m0/s1. The maximum atomic E-state index is 5.83. The first kappa shape index (κ1) is 12.0. The summed E-state index contributed by atoms with van der Waals surface area (Å²) in [4.78, 5) is 0. The van der Waals surface area contributed by atoms with E-state index in [-0.39, 0.29) is 6.04 Å². The van der Waals surface area contributed by atoms with E-state index in [0.29, 0.717) is 11.6 Å². The molecule has 0 saturated carbocycles. The van der Waals surface area contributed by atoms with Crippen LogP contribution in [-0.4, -0.2) is 31.7 Å². The number of fused-ring (bicyclic) bond motifs is 1. The fourth-order valence-electron chi connectivity index (χ4n) is 2.50. The molecular weight excluding hydrogens is 244 g/mol. The molecule has 102 valence electrons. The van der Waals surface area contributed by atoms with E-state index in [2.05, 4.69) is 19.9 Å². The van der Waals surface area contributed by atoms with Crippen LogP contribution in [0, 0.1) is 0 Å². The van der Waals surface area contributed by atoms with Crippen molar-refractivity contribution in [1.82, 2.24) is 24.5 Å². The predicted molar refractivity (Wildman–Crippen MR) is 70.0 cm³/mol. The second-order valence-electron chi connectivity index (χ2n) is 4.83. The third kappa shape index (κ3) is 1.94. The van der Waals surface area contributed by atoms with E-state index in [9.17, 15) is 0 Å². The molecule has 1 aliphatic rings. The fraction of sp³-hybridized carbons (Fsp3) is 0.583. The average molecular weight is 262 g/mol. The maximum Gasteiger partial charge on any atom is 0.256 e. The second kappa shape index (κ2) is 4.56. The molecule has 7 heteroatoms. The van der Waals surface area contributed by atoms with E-state index in [4.69, 9.17) is 10.5 Å². The van der Waals surface area contributed by atoms with Crippen molar-refractivity contribution in [2.24, 2.45) is 0 Å². The van der Waals surface area contributed by atoms with Crippen LogP contribution >= 0.6 is 0 Å². The fourth-order valence-corrected chi connectivity index (χ4v) is 2.50. The van der Waals surface area contributed by atoms with Crippen LogP contribution in [0.5, 0.6) is 5.88 Å². The molecule has 0 amide bonds.